The van der Waals surface area contributed by atoms with Crippen molar-refractivity contribution >= 4 is 72.3 Å². The highest BCUT2D eigenvalue weighted by Crippen LogP contribution is 2.45. The molecule has 11 heteroatoms. The molecule has 4 heterocycles. The molecule has 0 aliphatic carbocycles. The van der Waals surface area contributed by atoms with Gasteiger partial charge in [-0.05, 0) is 41.8 Å². The Morgan fingerprint density at radius 2 is 1.94 bits per heavy atom. The molecule has 1 amide bonds. The Morgan fingerprint density at radius 3 is 2.71 bits per heavy atom. The van der Waals surface area contributed by atoms with Crippen LogP contribution in [0.1, 0.15) is 21.5 Å². The topological polar surface area (TPSA) is 83.6 Å². The number of anilines is 1. The fourth-order valence-corrected chi connectivity index (χ4v) is 6.03. The summed E-state index contributed by atoms with van der Waals surface area (Å²) in [7, 11) is 0. The van der Waals surface area contributed by atoms with Crippen molar-refractivity contribution in [3.63, 3.8) is 0 Å². The second kappa shape index (κ2) is 7.98. The summed E-state index contributed by atoms with van der Waals surface area (Å²) < 4.78 is 33.5. The highest BCUT2D eigenvalue weighted by atomic mass is 35.5. The fourth-order valence-electron chi connectivity index (χ4n) is 4.02. The van der Waals surface area contributed by atoms with Gasteiger partial charge in [0.05, 0.1) is 15.8 Å². The Kier molecular flexibility index (Phi) is 4.99. The summed E-state index contributed by atoms with van der Waals surface area (Å²) in [6.07, 6.45) is 0. The van der Waals surface area contributed by atoms with Crippen LogP contribution in [0.5, 0.6) is 0 Å². The Balaban J connectivity index is 1.49. The minimum Gasteiger partial charge on any atom is -0.503 e. The van der Waals surface area contributed by atoms with Crippen molar-refractivity contribution < 1.29 is 27.9 Å². The number of hydrogen-bond acceptors (Lipinski definition) is 7. The summed E-state index contributed by atoms with van der Waals surface area (Å²) in [6.45, 7) is 0. The minimum atomic E-state index is -1.07. The molecule has 1 unspecified atom stereocenters. The van der Waals surface area contributed by atoms with Crippen molar-refractivity contribution in [2.24, 2.45) is 0 Å². The minimum absolute atomic E-state index is 0.0755. The number of aliphatic hydroxyl groups is 1. The lowest BCUT2D eigenvalue weighted by atomic mass is 10.0. The zero-order chi connectivity index (χ0) is 24.4. The molecule has 1 aliphatic heterocycles. The lowest BCUT2D eigenvalue weighted by Crippen LogP contribution is -2.30. The van der Waals surface area contributed by atoms with Crippen LogP contribution in [-0.2, 0) is 4.79 Å². The molecule has 2 aromatic carbocycles. The quantitative estimate of drug-likeness (QED) is 0.259. The SMILES string of the molecule is O=C(C1=C(O)C(=O)N(c2nc3cc(F)c(F)cc3s2)C1c1cccs1)c1cc2cc(Cl)ccc2o1. The van der Waals surface area contributed by atoms with Gasteiger partial charge in [-0.3, -0.25) is 14.5 Å². The number of aromatic nitrogens is 1. The molecule has 174 valence electrons. The number of nitrogens with zero attached hydrogens (tertiary/aromatic N) is 2. The number of fused-ring (bicyclic) bond motifs is 2. The van der Waals surface area contributed by atoms with Gasteiger partial charge in [-0.1, -0.05) is 29.0 Å². The van der Waals surface area contributed by atoms with E-state index in [4.69, 9.17) is 16.0 Å². The van der Waals surface area contributed by atoms with Gasteiger partial charge >= 0.3 is 0 Å². The molecule has 1 N–H and O–H groups in total. The van der Waals surface area contributed by atoms with Crippen LogP contribution in [0.4, 0.5) is 13.9 Å². The Morgan fingerprint density at radius 1 is 1.14 bits per heavy atom. The zero-order valence-electron chi connectivity index (χ0n) is 17.3. The monoisotopic (exact) mass is 528 g/mol. The molecule has 3 aromatic heterocycles. The van der Waals surface area contributed by atoms with Crippen molar-refractivity contribution in [3.05, 3.63) is 92.5 Å². The van der Waals surface area contributed by atoms with Gasteiger partial charge in [0.2, 0.25) is 5.78 Å². The third-order valence-electron chi connectivity index (χ3n) is 5.59. The molecule has 0 saturated heterocycles. The Hall–Kier alpha value is -3.60. The third kappa shape index (κ3) is 3.44. The number of aliphatic hydroxyl groups excluding tert-OH is 1. The first-order chi connectivity index (χ1) is 16.8. The number of benzene rings is 2. The predicted octanol–water partition coefficient (Wildman–Crippen LogP) is 6.82. The maximum Gasteiger partial charge on any atom is 0.296 e. The number of furan rings is 1. The average molecular weight is 529 g/mol. The summed E-state index contributed by atoms with van der Waals surface area (Å²) in [4.78, 5) is 32.8. The summed E-state index contributed by atoms with van der Waals surface area (Å²) in [5.74, 6) is -4.47. The Labute approximate surface area is 208 Å². The lowest BCUT2D eigenvalue weighted by Gasteiger charge is -2.22. The number of thiazole rings is 1. The number of Topliss-reactive ketones (excluding diaryl/α,β-unsaturated/α-hetero) is 1. The number of carbonyl (C=O) groups is 2. The van der Waals surface area contributed by atoms with E-state index >= 15 is 0 Å². The van der Waals surface area contributed by atoms with Crippen molar-refractivity contribution in [2.75, 3.05) is 4.90 Å². The first-order valence-corrected chi connectivity index (χ1v) is 12.2. The van der Waals surface area contributed by atoms with Gasteiger partial charge in [0.25, 0.3) is 5.91 Å². The highest BCUT2D eigenvalue weighted by Gasteiger charge is 2.47. The Bertz CT molecular complexity index is 1670. The number of amides is 1. The molecule has 5 aromatic rings. The van der Waals surface area contributed by atoms with Crippen molar-refractivity contribution in [3.8, 4) is 0 Å². The molecule has 6 rings (SSSR count). The van der Waals surface area contributed by atoms with Crippen LogP contribution < -0.4 is 4.90 Å². The summed E-state index contributed by atoms with van der Waals surface area (Å²) in [6, 6.07) is 10.7. The molecule has 6 nitrogen and oxygen atoms in total. The van der Waals surface area contributed by atoms with Crippen LogP contribution in [0.15, 0.2) is 69.7 Å². The molecule has 0 fully saturated rings. The summed E-state index contributed by atoms with van der Waals surface area (Å²) in [5.41, 5.74) is 0.385. The lowest BCUT2D eigenvalue weighted by molar-refractivity contribution is -0.117. The van der Waals surface area contributed by atoms with E-state index < -0.39 is 35.1 Å². The number of halogens is 3. The first-order valence-electron chi connectivity index (χ1n) is 10.1. The number of carbonyl (C=O) groups excluding carboxylic acids is 2. The molecule has 1 atom stereocenters. The smallest absolute Gasteiger partial charge is 0.296 e. The molecule has 0 spiro atoms. The van der Waals surface area contributed by atoms with Crippen LogP contribution in [0, 0.1) is 11.6 Å². The van der Waals surface area contributed by atoms with Gasteiger partial charge in [-0.25, -0.2) is 13.8 Å². The van der Waals surface area contributed by atoms with Crippen molar-refractivity contribution in [1.29, 1.82) is 0 Å². The van der Waals surface area contributed by atoms with E-state index in [9.17, 15) is 23.5 Å². The average Bonchev–Trinajstić information content (AvgIpc) is 3.60. The van der Waals surface area contributed by atoms with Crippen LogP contribution >= 0.6 is 34.3 Å². The van der Waals surface area contributed by atoms with Crippen LogP contribution in [-0.4, -0.2) is 21.8 Å². The van der Waals surface area contributed by atoms with Gasteiger partial charge in [0.1, 0.15) is 11.6 Å². The predicted molar refractivity (Wildman–Crippen MR) is 129 cm³/mol. The number of rotatable bonds is 4. The normalized spacial score (nSPS) is 16.3. The largest absolute Gasteiger partial charge is 0.503 e. The van der Waals surface area contributed by atoms with E-state index in [0.717, 1.165) is 28.4 Å². The van der Waals surface area contributed by atoms with Crippen LogP contribution in [0.25, 0.3) is 21.2 Å². The maximum atomic E-state index is 13.8. The fraction of sp³-hybridized carbons (Fsp3) is 0.0417. The van der Waals surface area contributed by atoms with E-state index in [2.05, 4.69) is 4.98 Å². The van der Waals surface area contributed by atoms with E-state index in [1.807, 2.05) is 0 Å². The number of hydrogen-bond donors (Lipinski definition) is 1. The second-order valence-corrected chi connectivity index (χ2v) is 10.1. The number of thiophene rings is 1. The van der Waals surface area contributed by atoms with Gasteiger partial charge in [-0.2, -0.15) is 0 Å². The number of ketones is 1. The van der Waals surface area contributed by atoms with Gasteiger partial charge < -0.3 is 9.52 Å². The van der Waals surface area contributed by atoms with Crippen molar-refractivity contribution in [2.45, 2.75) is 6.04 Å². The van der Waals surface area contributed by atoms with Crippen LogP contribution in [0.2, 0.25) is 5.02 Å². The molecule has 35 heavy (non-hydrogen) atoms. The molecule has 0 radical (unpaired) electrons. The highest BCUT2D eigenvalue weighted by molar-refractivity contribution is 7.22. The third-order valence-corrected chi connectivity index (χ3v) is 7.77. The van der Waals surface area contributed by atoms with Crippen LogP contribution in [0.3, 0.4) is 0 Å². The standard InChI is InChI=1S/C24H11ClF2N2O4S2/c25-11-3-4-15-10(6-11)7-16(33-15)21(30)19-20(17-2-1-5-34-17)29(23(32)22(19)31)24-28-14-8-12(26)13(27)9-18(14)35-24/h1-9,20,31H. The maximum absolute atomic E-state index is 13.8. The first kappa shape index (κ1) is 21.9. The molecule has 1 aliphatic rings. The summed E-state index contributed by atoms with van der Waals surface area (Å²) >= 11 is 8.25. The van der Waals surface area contributed by atoms with E-state index in [-0.39, 0.29) is 22.0 Å². The molecule has 0 saturated carbocycles. The van der Waals surface area contributed by atoms with E-state index in [1.54, 1.807) is 35.7 Å². The van der Waals surface area contributed by atoms with Gasteiger partial charge in [-0.15, -0.1) is 11.3 Å². The zero-order valence-corrected chi connectivity index (χ0v) is 19.7. The van der Waals surface area contributed by atoms with E-state index in [1.165, 1.54) is 17.4 Å². The van der Waals surface area contributed by atoms with Gasteiger partial charge in [0, 0.05) is 21.4 Å². The second-order valence-electron chi connectivity index (χ2n) is 7.71. The molecular weight excluding hydrogens is 518 g/mol. The summed E-state index contributed by atoms with van der Waals surface area (Å²) in [5, 5.41) is 13.7. The van der Waals surface area contributed by atoms with E-state index in [0.29, 0.717) is 25.6 Å². The molecule has 0 bridgehead atoms. The van der Waals surface area contributed by atoms with Gasteiger partial charge in [0.15, 0.2) is 28.3 Å². The molecular formula is C24H11ClF2N2O4S2. The van der Waals surface area contributed by atoms with Crippen molar-refractivity contribution in [1.82, 2.24) is 4.98 Å².